The zero-order valence-electron chi connectivity index (χ0n) is 21.0. The Bertz CT molecular complexity index is 1510. The van der Waals surface area contributed by atoms with Crippen molar-refractivity contribution in [2.75, 3.05) is 11.9 Å². The number of benzene rings is 2. The Morgan fingerprint density at radius 2 is 1.87 bits per heavy atom. The van der Waals surface area contributed by atoms with E-state index in [0.717, 1.165) is 17.6 Å². The van der Waals surface area contributed by atoms with E-state index in [2.05, 4.69) is 15.3 Å². The number of nitrogens with zero attached hydrogens (tertiary/aromatic N) is 4. The summed E-state index contributed by atoms with van der Waals surface area (Å²) >= 11 is 0. The van der Waals surface area contributed by atoms with Crippen LogP contribution in [0.2, 0.25) is 0 Å². The van der Waals surface area contributed by atoms with E-state index in [1.54, 1.807) is 11.8 Å². The molecule has 0 radical (unpaired) electrons. The van der Waals surface area contributed by atoms with Crippen molar-refractivity contribution in [2.24, 2.45) is 0 Å². The minimum Gasteiger partial charge on any atom is -0.349 e. The van der Waals surface area contributed by atoms with Crippen molar-refractivity contribution < 1.29 is 18.0 Å². The molecule has 0 spiro atoms. The van der Waals surface area contributed by atoms with Crippen molar-refractivity contribution in [3.63, 3.8) is 0 Å². The van der Waals surface area contributed by atoms with Gasteiger partial charge >= 0.3 is 6.18 Å². The third kappa shape index (κ3) is 4.88. The molecule has 2 aromatic heterocycles. The largest absolute Gasteiger partial charge is 0.416 e. The molecule has 38 heavy (non-hydrogen) atoms. The maximum Gasteiger partial charge on any atom is 0.416 e. The van der Waals surface area contributed by atoms with Crippen LogP contribution in [0.15, 0.2) is 53.3 Å². The van der Waals surface area contributed by atoms with Gasteiger partial charge in [0.2, 0.25) is 5.95 Å². The Balaban J connectivity index is 1.40. The zero-order valence-corrected chi connectivity index (χ0v) is 21.0. The number of H-pyrrole nitrogens is 1. The smallest absolute Gasteiger partial charge is 0.349 e. The second-order valence-corrected chi connectivity index (χ2v) is 9.38. The van der Waals surface area contributed by atoms with Crippen LogP contribution in [-0.2, 0) is 25.7 Å². The molecule has 1 unspecified atom stereocenters. The van der Waals surface area contributed by atoms with Crippen molar-refractivity contribution in [2.45, 2.75) is 52.0 Å². The molecular weight excluding hydrogens is 497 g/mol. The average Bonchev–Trinajstić information content (AvgIpc) is 3.34. The highest BCUT2D eigenvalue weighted by molar-refractivity contribution is 5.94. The topological polar surface area (TPSA) is 95.9 Å². The summed E-state index contributed by atoms with van der Waals surface area (Å²) in [4.78, 5) is 40.5. The molecular formula is C27H27F3N6O2. The van der Waals surface area contributed by atoms with Crippen LogP contribution >= 0.6 is 0 Å². The third-order valence-corrected chi connectivity index (χ3v) is 6.73. The van der Waals surface area contributed by atoms with Crippen LogP contribution in [0.25, 0.3) is 11.0 Å². The number of carbonyl (C=O) groups excluding carboxylic acids is 1. The lowest BCUT2D eigenvalue weighted by molar-refractivity contribution is -0.137. The standard InChI is InChI=1S/C27H27F3N6O2/c1-3-13-36-24(37)19-15-35(25(38)23-32-21-6-4-5-7-22(21)33-23)14-12-20(19)34-26(36)31-16(2)17-8-10-18(11-9-17)27(28,29)30/h4-11,16H,3,12-15H2,1-2H3,(H,31,34)(H,32,33). The van der Waals surface area contributed by atoms with Gasteiger partial charge in [0.1, 0.15) is 0 Å². The van der Waals surface area contributed by atoms with E-state index in [9.17, 15) is 22.8 Å². The van der Waals surface area contributed by atoms with Gasteiger partial charge in [-0.25, -0.2) is 9.97 Å². The summed E-state index contributed by atoms with van der Waals surface area (Å²) in [6, 6.07) is 11.9. The van der Waals surface area contributed by atoms with Gasteiger partial charge in [-0.2, -0.15) is 13.2 Å². The van der Waals surface area contributed by atoms with Gasteiger partial charge in [-0.05, 0) is 43.2 Å². The van der Waals surface area contributed by atoms with Crippen molar-refractivity contribution in [3.05, 3.63) is 87.1 Å². The van der Waals surface area contributed by atoms with Crippen LogP contribution in [0.4, 0.5) is 19.1 Å². The molecule has 0 saturated carbocycles. The minimum atomic E-state index is -4.41. The van der Waals surface area contributed by atoms with Gasteiger partial charge < -0.3 is 15.2 Å². The van der Waals surface area contributed by atoms with Gasteiger partial charge in [0, 0.05) is 19.5 Å². The Labute approximate surface area is 216 Å². The van der Waals surface area contributed by atoms with Crippen LogP contribution in [-0.4, -0.2) is 36.9 Å². The van der Waals surface area contributed by atoms with Crippen LogP contribution < -0.4 is 10.9 Å². The molecule has 11 heteroatoms. The number of hydrogen-bond acceptors (Lipinski definition) is 5. The fourth-order valence-electron chi connectivity index (χ4n) is 4.67. The second kappa shape index (κ2) is 9.96. The number of nitrogens with one attached hydrogen (secondary N) is 2. The molecule has 0 bridgehead atoms. The number of para-hydroxylation sites is 2. The van der Waals surface area contributed by atoms with Gasteiger partial charge in [-0.3, -0.25) is 14.2 Å². The molecule has 1 aliphatic heterocycles. The summed E-state index contributed by atoms with van der Waals surface area (Å²) in [5, 5.41) is 3.21. The van der Waals surface area contributed by atoms with E-state index in [0.29, 0.717) is 54.2 Å². The lowest BCUT2D eigenvalue weighted by Gasteiger charge is -2.29. The molecule has 0 fully saturated rings. The average molecular weight is 525 g/mol. The molecule has 198 valence electrons. The predicted octanol–water partition coefficient (Wildman–Crippen LogP) is 4.92. The summed E-state index contributed by atoms with van der Waals surface area (Å²) in [6.45, 7) is 4.64. The maximum absolute atomic E-state index is 13.5. The summed E-state index contributed by atoms with van der Waals surface area (Å²) in [5.41, 5.74) is 2.21. The Morgan fingerprint density at radius 1 is 1.13 bits per heavy atom. The number of amides is 1. The number of alkyl halides is 3. The van der Waals surface area contributed by atoms with Crippen LogP contribution in [0.1, 0.15) is 59.3 Å². The van der Waals surface area contributed by atoms with E-state index in [-0.39, 0.29) is 29.9 Å². The highest BCUT2D eigenvalue weighted by atomic mass is 19.4. The number of aromatic nitrogens is 4. The Morgan fingerprint density at radius 3 is 2.55 bits per heavy atom. The SMILES string of the molecule is CCCn1c(NC(C)c2ccc(C(F)(F)F)cc2)nc2c(c1=O)CN(C(=O)c1nc3ccccc3[nH]1)CC2. The Hall–Kier alpha value is -4.15. The fraction of sp³-hybridized carbons (Fsp3) is 0.333. The maximum atomic E-state index is 13.5. The molecule has 2 aromatic carbocycles. The number of halogens is 3. The predicted molar refractivity (Wildman–Crippen MR) is 137 cm³/mol. The molecule has 8 nitrogen and oxygen atoms in total. The first-order valence-electron chi connectivity index (χ1n) is 12.5. The summed E-state index contributed by atoms with van der Waals surface area (Å²) < 4.78 is 40.4. The van der Waals surface area contributed by atoms with E-state index in [1.165, 1.54) is 16.7 Å². The number of carbonyl (C=O) groups is 1. The molecule has 4 aromatic rings. The normalized spacial score (nSPS) is 14.4. The number of anilines is 1. The second-order valence-electron chi connectivity index (χ2n) is 9.38. The summed E-state index contributed by atoms with van der Waals surface area (Å²) in [5.74, 6) is 0.298. The number of rotatable bonds is 6. The van der Waals surface area contributed by atoms with Crippen LogP contribution in [0, 0.1) is 0 Å². The van der Waals surface area contributed by atoms with Gasteiger partial charge in [0.15, 0.2) is 5.82 Å². The zero-order chi connectivity index (χ0) is 27.0. The first-order valence-corrected chi connectivity index (χ1v) is 12.5. The molecule has 2 N–H and O–H groups in total. The van der Waals surface area contributed by atoms with Crippen molar-refractivity contribution >= 4 is 22.9 Å². The molecule has 0 saturated heterocycles. The van der Waals surface area contributed by atoms with Crippen molar-refractivity contribution in [3.8, 4) is 0 Å². The van der Waals surface area contributed by atoms with E-state index < -0.39 is 11.7 Å². The number of fused-ring (bicyclic) bond motifs is 2. The quantitative estimate of drug-likeness (QED) is 0.373. The molecule has 3 heterocycles. The monoisotopic (exact) mass is 524 g/mol. The molecule has 1 aliphatic rings. The molecule has 0 aliphatic carbocycles. The van der Waals surface area contributed by atoms with Gasteiger partial charge in [0.05, 0.1) is 40.4 Å². The highest BCUT2D eigenvalue weighted by Gasteiger charge is 2.31. The number of imidazole rings is 1. The van der Waals surface area contributed by atoms with Gasteiger partial charge in [0.25, 0.3) is 11.5 Å². The molecule has 5 rings (SSSR count). The van der Waals surface area contributed by atoms with E-state index in [1.807, 2.05) is 31.2 Å². The molecule has 1 atom stereocenters. The van der Waals surface area contributed by atoms with Crippen LogP contribution in [0.3, 0.4) is 0 Å². The minimum absolute atomic E-state index is 0.121. The highest BCUT2D eigenvalue weighted by Crippen LogP contribution is 2.30. The van der Waals surface area contributed by atoms with Gasteiger partial charge in [-0.15, -0.1) is 0 Å². The van der Waals surface area contributed by atoms with Gasteiger partial charge in [-0.1, -0.05) is 31.2 Å². The Kier molecular flexibility index (Phi) is 6.68. The summed E-state index contributed by atoms with van der Waals surface area (Å²) in [7, 11) is 0. The first kappa shape index (κ1) is 25.5. The lowest BCUT2D eigenvalue weighted by Crippen LogP contribution is -2.42. The van der Waals surface area contributed by atoms with Crippen molar-refractivity contribution in [1.29, 1.82) is 0 Å². The number of aromatic amines is 1. The van der Waals surface area contributed by atoms with Crippen molar-refractivity contribution in [1.82, 2.24) is 24.4 Å². The fourth-order valence-corrected chi connectivity index (χ4v) is 4.67. The third-order valence-electron chi connectivity index (χ3n) is 6.73. The van der Waals surface area contributed by atoms with E-state index in [4.69, 9.17) is 4.98 Å². The first-order chi connectivity index (χ1) is 18.2. The van der Waals surface area contributed by atoms with E-state index >= 15 is 0 Å². The molecule has 1 amide bonds. The summed E-state index contributed by atoms with van der Waals surface area (Å²) in [6.07, 6.45) is -3.34. The lowest BCUT2D eigenvalue weighted by atomic mass is 10.1. The number of hydrogen-bond donors (Lipinski definition) is 2. The van der Waals surface area contributed by atoms with Crippen LogP contribution in [0.5, 0.6) is 0 Å².